The second-order valence-electron chi connectivity index (χ2n) is 3.28. The Morgan fingerprint density at radius 2 is 2.06 bits per heavy atom. The molecule has 0 saturated heterocycles. The molecule has 0 aromatic carbocycles. The molecule has 0 bridgehead atoms. The highest BCUT2D eigenvalue weighted by molar-refractivity contribution is 7.99. The maximum absolute atomic E-state index is 12.6. The Bertz CT molecular complexity index is 569. The van der Waals surface area contributed by atoms with Crippen LogP contribution in [0.3, 0.4) is 0 Å². The molecule has 0 aliphatic carbocycles. The lowest BCUT2D eigenvalue weighted by Crippen LogP contribution is -2.05. The van der Waals surface area contributed by atoms with Gasteiger partial charge in [-0.15, -0.1) is 0 Å². The quantitative estimate of drug-likeness (QED) is 0.799. The Kier molecular flexibility index (Phi) is 3.49. The highest BCUT2D eigenvalue weighted by Crippen LogP contribution is 2.34. The zero-order valence-electron chi connectivity index (χ0n) is 8.94. The lowest BCUT2D eigenvalue weighted by atomic mass is 10.3. The van der Waals surface area contributed by atoms with E-state index < -0.39 is 11.7 Å². The molecule has 0 spiro atoms. The maximum Gasteiger partial charge on any atom is 0.416 e. The van der Waals surface area contributed by atoms with E-state index in [4.69, 9.17) is 11.6 Å². The molecule has 4 nitrogen and oxygen atoms in total. The molecule has 0 aliphatic rings. The summed E-state index contributed by atoms with van der Waals surface area (Å²) in [4.78, 5) is 7.69. The number of alkyl halides is 3. The van der Waals surface area contributed by atoms with E-state index >= 15 is 0 Å². The third kappa shape index (κ3) is 2.94. The van der Waals surface area contributed by atoms with Gasteiger partial charge in [0, 0.05) is 7.05 Å². The minimum atomic E-state index is -4.46. The molecule has 2 rings (SSSR count). The first kappa shape index (κ1) is 13.2. The van der Waals surface area contributed by atoms with Crippen molar-refractivity contribution < 1.29 is 13.2 Å². The van der Waals surface area contributed by atoms with Crippen molar-refractivity contribution >= 4 is 23.4 Å². The summed E-state index contributed by atoms with van der Waals surface area (Å²) >= 11 is 6.53. The van der Waals surface area contributed by atoms with Gasteiger partial charge in [0.15, 0.2) is 5.16 Å². The fourth-order valence-corrected chi connectivity index (χ4v) is 2.22. The second kappa shape index (κ2) is 4.77. The Morgan fingerprint density at radius 3 is 2.61 bits per heavy atom. The largest absolute Gasteiger partial charge is 0.416 e. The molecule has 2 aromatic heterocycles. The van der Waals surface area contributed by atoms with E-state index in [0.29, 0.717) is 5.16 Å². The van der Waals surface area contributed by atoms with Crippen LogP contribution in [0.2, 0.25) is 5.15 Å². The molecule has 0 fully saturated rings. The van der Waals surface area contributed by atoms with E-state index in [2.05, 4.69) is 15.1 Å². The van der Waals surface area contributed by atoms with Crippen LogP contribution in [0.5, 0.6) is 0 Å². The Balaban J connectivity index is 2.35. The molecule has 0 amide bonds. The van der Waals surface area contributed by atoms with Crippen molar-refractivity contribution in [2.75, 3.05) is 0 Å². The second-order valence-corrected chi connectivity index (χ2v) is 4.66. The average molecular weight is 295 g/mol. The average Bonchev–Trinajstić information content (AvgIpc) is 2.62. The van der Waals surface area contributed by atoms with Gasteiger partial charge in [0.05, 0.1) is 5.56 Å². The minimum absolute atomic E-state index is 0.117. The first-order valence-corrected chi connectivity index (χ1v) is 5.82. The summed E-state index contributed by atoms with van der Waals surface area (Å²) in [5.41, 5.74) is -0.841. The highest BCUT2D eigenvalue weighted by Gasteiger charge is 2.31. The van der Waals surface area contributed by atoms with Gasteiger partial charge in [-0.3, -0.25) is 0 Å². The van der Waals surface area contributed by atoms with Gasteiger partial charge in [0.2, 0.25) is 0 Å². The van der Waals surface area contributed by atoms with Gasteiger partial charge < -0.3 is 0 Å². The molecule has 96 valence electrons. The van der Waals surface area contributed by atoms with Gasteiger partial charge >= 0.3 is 6.18 Å². The van der Waals surface area contributed by atoms with Crippen LogP contribution in [0.1, 0.15) is 5.56 Å². The monoisotopic (exact) mass is 294 g/mol. The summed E-state index contributed by atoms with van der Waals surface area (Å²) in [6, 6.07) is 1.70. The Hall–Kier alpha value is -1.28. The maximum atomic E-state index is 12.6. The molecular weight excluding hydrogens is 289 g/mol. The molecule has 2 heterocycles. The first-order valence-electron chi connectivity index (χ1n) is 4.63. The SMILES string of the molecule is Cn1ncnc1Sc1cc(C(F)(F)F)cc(Cl)n1. The number of hydrogen-bond acceptors (Lipinski definition) is 4. The zero-order valence-corrected chi connectivity index (χ0v) is 10.5. The number of hydrogen-bond donors (Lipinski definition) is 0. The minimum Gasteiger partial charge on any atom is -0.244 e. The van der Waals surface area contributed by atoms with E-state index in [1.165, 1.54) is 11.0 Å². The standard InChI is InChI=1S/C9H6ClF3N4S/c1-17-8(14-4-15-17)18-7-3-5(9(11,12)13)2-6(10)16-7/h2-4H,1H3. The number of aryl methyl sites for hydroxylation is 1. The van der Waals surface area contributed by atoms with Gasteiger partial charge in [-0.2, -0.15) is 18.3 Å². The summed E-state index contributed by atoms with van der Waals surface area (Å²) in [5.74, 6) is 0. The number of halogens is 4. The molecule has 0 unspecified atom stereocenters. The third-order valence-corrected chi connectivity index (χ3v) is 3.13. The van der Waals surface area contributed by atoms with Gasteiger partial charge in [0.25, 0.3) is 0 Å². The lowest BCUT2D eigenvalue weighted by Gasteiger charge is -2.08. The first-order chi connectivity index (χ1) is 8.36. The van der Waals surface area contributed by atoms with E-state index in [1.54, 1.807) is 7.05 Å². The number of nitrogens with zero attached hydrogens (tertiary/aromatic N) is 4. The van der Waals surface area contributed by atoms with E-state index in [9.17, 15) is 13.2 Å². The molecule has 9 heteroatoms. The van der Waals surface area contributed by atoms with Gasteiger partial charge in [0.1, 0.15) is 16.5 Å². The number of pyridine rings is 1. The van der Waals surface area contributed by atoms with E-state index in [1.807, 2.05) is 0 Å². The summed E-state index contributed by atoms with van der Waals surface area (Å²) in [7, 11) is 1.63. The van der Waals surface area contributed by atoms with Gasteiger partial charge in [-0.05, 0) is 23.9 Å². The van der Waals surface area contributed by atoms with Crippen molar-refractivity contribution in [1.82, 2.24) is 19.7 Å². The van der Waals surface area contributed by atoms with E-state index in [-0.39, 0.29) is 10.2 Å². The molecule has 0 atom stereocenters. The zero-order chi connectivity index (χ0) is 13.3. The fraction of sp³-hybridized carbons (Fsp3) is 0.222. The van der Waals surface area contributed by atoms with Crippen molar-refractivity contribution in [3.63, 3.8) is 0 Å². The highest BCUT2D eigenvalue weighted by atomic mass is 35.5. The molecule has 0 saturated carbocycles. The van der Waals surface area contributed by atoms with Crippen molar-refractivity contribution in [3.05, 3.63) is 29.2 Å². The molecule has 0 radical (unpaired) electrons. The smallest absolute Gasteiger partial charge is 0.244 e. The topological polar surface area (TPSA) is 43.6 Å². The number of aromatic nitrogens is 4. The van der Waals surface area contributed by atoms with Gasteiger partial charge in [-0.1, -0.05) is 11.6 Å². The molecule has 2 aromatic rings. The summed E-state index contributed by atoms with van der Waals surface area (Å²) in [5, 5.41) is 4.14. The summed E-state index contributed by atoms with van der Waals surface area (Å²) in [6.07, 6.45) is -3.15. The summed E-state index contributed by atoms with van der Waals surface area (Å²) in [6.45, 7) is 0. The summed E-state index contributed by atoms with van der Waals surface area (Å²) < 4.78 is 39.2. The van der Waals surface area contributed by atoms with Crippen molar-refractivity contribution in [3.8, 4) is 0 Å². The van der Waals surface area contributed by atoms with Crippen LogP contribution in [-0.4, -0.2) is 19.7 Å². The normalized spacial score (nSPS) is 11.8. The van der Waals surface area contributed by atoms with Crippen LogP contribution in [0.25, 0.3) is 0 Å². The Morgan fingerprint density at radius 1 is 1.33 bits per heavy atom. The Labute approximate surface area is 109 Å². The molecule has 18 heavy (non-hydrogen) atoms. The predicted octanol–water partition coefficient (Wildman–Crippen LogP) is 3.03. The third-order valence-electron chi connectivity index (χ3n) is 1.96. The van der Waals surface area contributed by atoms with Crippen LogP contribution in [0.4, 0.5) is 13.2 Å². The molecule has 0 aliphatic heterocycles. The van der Waals surface area contributed by atoms with E-state index in [0.717, 1.165) is 23.9 Å². The molecule has 0 N–H and O–H groups in total. The number of rotatable bonds is 2. The van der Waals surface area contributed by atoms with Crippen molar-refractivity contribution in [1.29, 1.82) is 0 Å². The predicted molar refractivity (Wildman–Crippen MR) is 59.4 cm³/mol. The van der Waals surface area contributed by atoms with Crippen molar-refractivity contribution in [2.45, 2.75) is 16.4 Å². The van der Waals surface area contributed by atoms with Crippen LogP contribution in [-0.2, 0) is 13.2 Å². The molecular formula is C9H6ClF3N4S. The van der Waals surface area contributed by atoms with Crippen LogP contribution in [0, 0.1) is 0 Å². The van der Waals surface area contributed by atoms with Crippen LogP contribution < -0.4 is 0 Å². The lowest BCUT2D eigenvalue weighted by molar-refractivity contribution is -0.137. The fourth-order valence-electron chi connectivity index (χ4n) is 1.16. The van der Waals surface area contributed by atoms with Crippen LogP contribution in [0.15, 0.2) is 28.6 Å². The van der Waals surface area contributed by atoms with Crippen LogP contribution >= 0.6 is 23.4 Å². The van der Waals surface area contributed by atoms with Crippen molar-refractivity contribution in [2.24, 2.45) is 7.05 Å². The van der Waals surface area contributed by atoms with Gasteiger partial charge in [-0.25, -0.2) is 14.6 Å².